The molecular weight excluding hydrogens is 437 g/mol. The third-order valence-electron chi connectivity index (χ3n) is 5.55. The van der Waals surface area contributed by atoms with Crippen LogP contribution in [0.3, 0.4) is 0 Å². The lowest BCUT2D eigenvalue weighted by molar-refractivity contribution is -0.0564. The quantitative estimate of drug-likeness (QED) is 0.433. The summed E-state index contributed by atoms with van der Waals surface area (Å²) in [5, 5.41) is 2.85. The Morgan fingerprint density at radius 2 is 1.84 bits per heavy atom. The van der Waals surface area contributed by atoms with Gasteiger partial charge >= 0.3 is 0 Å². The third kappa shape index (κ3) is 5.81. The SMILES string of the molecule is COc1ccc(F)cc1Cc1nc(-c2ccc(OCCN3CCC(F)(F)CC3)cc2)cs1. The van der Waals surface area contributed by atoms with E-state index in [-0.39, 0.29) is 18.7 Å². The first kappa shape index (κ1) is 22.6. The van der Waals surface area contributed by atoms with Crippen LogP contribution in [0.2, 0.25) is 0 Å². The van der Waals surface area contributed by atoms with Crippen LogP contribution in [0.4, 0.5) is 13.2 Å². The summed E-state index contributed by atoms with van der Waals surface area (Å²) < 4.78 is 51.1. The number of hydrogen-bond acceptors (Lipinski definition) is 5. The molecule has 0 radical (unpaired) electrons. The van der Waals surface area contributed by atoms with Crippen LogP contribution in [-0.2, 0) is 6.42 Å². The molecule has 2 aromatic carbocycles. The molecule has 0 bridgehead atoms. The van der Waals surface area contributed by atoms with Crippen LogP contribution < -0.4 is 9.47 Å². The van der Waals surface area contributed by atoms with E-state index in [0.29, 0.717) is 38.4 Å². The van der Waals surface area contributed by atoms with E-state index in [2.05, 4.69) is 4.98 Å². The number of rotatable bonds is 8. The maximum absolute atomic E-state index is 13.6. The monoisotopic (exact) mass is 462 g/mol. The maximum atomic E-state index is 13.6. The van der Waals surface area contributed by atoms with E-state index in [0.717, 1.165) is 27.6 Å². The van der Waals surface area contributed by atoms with Gasteiger partial charge in [0.2, 0.25) is 0 Å². The van der Waals surface area contributed by atoms with E-state index in [1.807, 2.05) is 34.5 Å². The minimum absolute atomic E-state index is 0.0800. The Balaban J connectivity index is 1.31. The fourth-order valence-corrected chi connectivity index (χ4v) is 4.52. The Morgan fingerprint density at radius 3 is 2.56 bits per heavy atom. The Bertz CT molecular complexity index is 1030. The first-order chi connectivity index (χ1) is 15.4. The number of nitrogens with zero attached hydrogens (tertiary/aromatic N) is 2. The predicted octanol–water partition coefficient (Wildman–Crippen LogP) is 5.66. The second-order valence-corrected chi connectivity index (χ2v) is 8.77. The van der Waals surface area contributed by atoms with Crippen molar-refractivity contribution in [1.82, 2.24) is 9.88 Å². The van der Waals surface area contributed by atoms with Gasteiger partial charge in [0.15, 0.2) is 0 Å². The molecule has 0 spiro atoms. The van der Waals surface area contributed by atoms with Crippen molar-refractivity contribution in [3.8, 4) is 22.8 Å². The van der Waals surface area contributed by atoms with Gasteiger partial charge in [-0.1, -0.05) is 0 Å². The highest BCUT2D eigenvalue weighted by Crippen LogP contribution is 2.29. The van der Waals surface area contributed by atoms with Gasteiger partial charge in [-0.25, -0.2) is 18.2 Å². The van der Waals surface area contributed by atoms with Crippen molar-refractivity contribution in [2.75, 3.05) is 33.4 Å². The van der Waals surface area contributed by atoms with Crippen LogP contribution in [0.25, 0.3) is 11.3 Å². The van der Waals surface area contributed by atoms with Crippen molar-refractivity contribution >= 4 is 11.3 Å². The van der Waals surface area contributed by atoms with Gasteiger partial charge in [-0.2, -0.15) is 0 Å². The molecular formula is C24H25F3N2O2S. The van der Waals surface area contributed by atoms with Crippen molar-refractivity contribution in [1.29, 1.82) is 0 Å². The molecule has 1 saturated heterocycles. The first-order valence-electron chi connectivity index (χ1n) is 10.5. The zero-order chi connectivity index (χ0) is 22.6. The lowest BCUT2D eigenvalue weighted by Gasteiger charge is -2.31. The van der Waals surface area contributed by atoms with Gasteiger partial charge < -0.3 is 9.47 Å². The van der Waals surface area contributed by atoms with Crippen LogP contribution >= 0.6 is 11.3 Å². The molecule has 170 valence electrons. The number of halogens is 3. The molecule has 0 saturated carbocycles. The predicted molar refractivity (Wildman–Crippen MR) is 119 cm³/mol. The average molecular weight is 463 g/mol. The minimum atomic E-state index is -2.52. The van der Waals surface area contributed by atoms with Crippen LogP contribution in [-0.4, -0.2) is 49.2 Å². The molecule has 1 aliphatic heterocycles. The van der Waals surface area contributed by atoms with Gasteiger partial charge in [-0.15, -0.1) is 11.3 Å². The highest BCUT2D eigenvalue weighted by molar-refractivity contribution is 7.10. The number of piperidine rings is 1. The molecule has 1 fully saturated rings. The Morgan fingerprint density at radius 1 is 1.09 bits per heavy atom. The first-order valence-corrected chi connectivity index (χ1v) is 11.4. The van der Waals surface area contributed by atoms with Crippen LogP contribution in [0.15, 0.2) is 47.8 Å². The van der Waals surface area contributed by atoms with Crippen molar-refractivity contribution < 1.29 is 22.6 Å². The number of aromatic nitrogens is 1. The Labute approximate surface area is 189 Å². The average Bonchev–Trinajstić information content (AvgIpc) is 3.24. The maximum Gasteiger partial charge on any atom is 0.250 e. The lowest BCUT2D eigenvalue weighted by atomic mass is 10.1. The summed E-state index contributed by atoms with van der Waals surface area (Å²) in [5.41, 5.74) is 2.57. The van der Waals surface area contributed by atoms with Gasteiger partial charge in [0, 0.05) is 55.4 Å². The molecule has 1 aromatic heterocycles. The second kappa shape index (κ2) is 9.92. The van der Waals surface area contributed by atoms with E-state index in [4.69, 9.17) is 9.47 Å². The van der Waals surface area contributed by atoms with Crippen molar-refractivity contribution in [3.63, 3.8) is 0 Å². The Kier molecular flexibility index (Phi) is 7.01. The van der Waals surface area contributed by atoms with Gasteiger partial charge in [0.1, 0.15) is 23.9 Å². The topological polar surface area (TPSA) is 34.6 Å². The second-order valence-electron chi connectivity index (χ2n) is 7.83. The van der Waals surface area contributed by atoms with Gasteiger partial charge in [-0.05, 0) is 42.5 Å². The van der Waals surface area contributed by atoms with Crippen LogP contribution in [0.1, 0.15) is 23.4 Å². The number of thiazole rings is 1. The number of hydrogen-bond donors (Lipinski definition) is 0. The summed E-state index contributed by atoms with van der Waals surface area (Å²) in [6.07, 6.45) is 0.335. The minimum Gasteiger partial charge on any atom is -0.496 e. The molecule has 3 aromatic rings. The zero-order valence-electron chi connectivity index (χ0n) is 17.8. The summed E-state index contributed by atoms with van der Waals surface area (Å²) in [4.78, 5) is 6.69. The molecule has 0 atom stereocenters. The number of methoxy groups -OCH3 is 1. The van der Waals surface area contributed by atoms with E-state index >= 15 is 0 Å². The third-order valence-corrected chi connectivity index (χ3v) is 6.40. The molecule has 8 heteroatoms. The van der Waals surface area contributed by atoms with Gasteiger partial charge in [-0.3, -0.25) is 4.90 Å². The molecule has 0 unspecified atom stereocenters. The summed E-state index contributed by atoms with van der Waals surface area (Å²) >= 11 is 1.52. The van der Waals surface area contributed by atoms with E-state index < -0.39 is 5.92 Å². The fourth-order valence-electron chi connectivity index (χ4n) is 3.69. The Hall–Kier alpha value is -2.58. The summed E-state index contributed by atoms with van der Waals surface area (Å²) in [6, 6.07) is 12.1. The number of ether oxygens (including phenoxy) is 2. The molecule has 1 aliphatic rings. The molecule has 4 rings (SSSR count). The number of likely N-dealkylation sites (tertiary alicyclic amines) is 1. The number of benzene rings is 2. The molecule has 32 heavy (non-hydrogen) atoms. The van der Waals surface area contributed by atoms with Crippen molar-refractivity contribution in [3.05, 3.63) is 64.2 Å². The summed E-state index contributed by atoms with van der Waals surface area (Å²) in [7, 11) is 1.57. The molecule has 2 heterocycles. The van der Waals surface area contributed by atoms with E-state index in [9.17, 15) is 13.2 Å². The van der Waals surface area contributed by atoms with E-state index in [1.165, 1.54) is 23.5 Å². The lowest BCUT2D eigenvalue weighted by Crippen LogP contribution is -2.41. The van der Waals surface area contributed by atoms with Gasteiger partial charge in [0.05, 0.1) is 17.8 Å². The molecule has 0 aliphatic carbocycles. The summed E-state index contributed by atoms with van der Waals surface area (Å²) in [6.45, 7) is 1.91. The van der Waals surface area contributed by atoms with Crippen LogP contribution in [0.5, 0.6) is 11.5 Å². The highest BCUT2D eigenvalue weighted by Gasteiger charge is 2.33. The molecule has 0 amide bonds. The van der Waals surface area contributed by atoms with Crippen molar-refractivity contribution in [2.24, 2.45) is 0 Å². The molecule has 4 nitrogen and oxygen atoms in total. The van der Waals surface area contributed by atoms with Gasteiger partial charge in [0.25, 0.3) is 5.92 Å². The summed E-state index contributed by atoms with van der Waals surface area (Å²) in [5.74, 6) is -1.45. The normalized spacial score (nSPS) is 16.1. The molecule has 0 N–H and O–H groups in total. The highest BCUT2D eigenvalue weighted by atomic mass is 32.1. The van der Waals surface area contributed by atoms with E-state index in [1.54, 1.807) is 13.2 Å². The standard InChI is InChI=1S/C24H25F3N2O2S/c1-30-22-7-4-19(25)14-18(22)15-23-28-21(16-32-23)17-2-5-20(6-3-17)31-13-12-29-10-8-24(26,27)9-11-29/h2-7,14,16H,8-13,15H2,1H3. The zero-order valence-corrected chi connectivity index (χ0v) is 18.6. The number of alkyl halides is 2. The van der Waals surface area contributed by atoms with Crippen molar-refractivity contribution in [2.45, 2.75) is 25.2 Å². The fraction of sp³-hybridized carbons (Fsp3) is 0.375. The smallest absolute Gasteiger partial charge is 0.250 e. The van der Waals surface area contributed by atoms with Crippen LogP contribution in [0, 0.1) is 5.82 Å². The largest absolute Gasteiger partial charge is 0.496 e.